The number of hydrogen-bond donors (Lipinski definition) is 1. The highest BCUT2D eigenvalue weighted by Crippen LogP contribution is 2.15. The molecule has 0 aliphatic carbocycles. The van der Waals surface area contributed by atoms with Crippen molar-refractivity contribution in [3.8, 4) is 0 Å². The number of nitrogens with two attached hydrogens (primary N) is 1. The predicted octanol–water partition coefficient (Wildman–Crippen LogP) is -0.159. The first kappa shape index (κ1) is 5.55. The molecule has 0 amide bonds. The number of rotatable bonds is 0. The molecule has 0 unspecified atom stereocenters. The third-order valence-electron chi connectivity index (χ3n) is 1.42. The van der Waals surface area contributed by atoms with Crippen molar-refractivity contribution in [2.45, 2.75) is 12.6 Å². The second-order valence-corrected chi connectivity index (χ2v) is 2.12. The molecule has 52 valence electrons. The number of aliphatic imine (C=N–C) groups is 1. The summed E-state index contributed by atoms with van der Waals surface area (Å²) in [7, 11) is 0. The van der Waals surface area contributed by atoms with Crippen LogP contribution in [0.3, 0.4) is 0 Å². The molecule has 2 heterocycles. The van der Waals surface area contributed by atoms with Crippen molar-refractivity contribution in [3.05, 3.63) is 6.33 Å². The van der Waals surface area contributed by atoms with Crippen LogP contribution in [0.4, 0.5) is 5.95 Å². The lowest BCUT2D eigenvalue weighted by Crippen LogP contribution is -2.22. The molecular formula is C5H7N5. The highest BCUT2D eigenvalue weighted by atomic mass is 15.4. The average molecular weight is 137 g/mol. The van der Waals surface area contributed by atoms with Gasteiger partial charge >= 0.3 is 0 Å². The number of hydrogen-bond acceptors (Lipinski definition) is 4. The van der Waals surface area contributed by atoms with E-state index in [1.165, 1.54) is 6.33 Å². The van der Waals surface area contributed by atoms with E-state index in [-0.39, 0.29) is 6.17 Å². The minimum Gasteiger partial charge on any atom is -0.309 e. The van der Waals surface area contributed by atoms with Crippen LogP contribution in [0.5, 0.6) is 0 Å². The first-order valence-corrected chi connectivity index (χ1v) is 3.05. The molecule has 0 saturated heterocycles. The summed E-state index contributed by atoms with van der Waals surface area (Å²) in [4.78, 5) is 7.87. The summed E-state index contributed by atoms with van der Waals surface area (Å²) in [6, 6.07) is 0. The Morgan fingerprint density at radius 1 is 1.70 bits per heavy atom. The molecule has 0 aromatic carbocycles. The van der Waals surface area contributed by atoms with Crippen LogP contribution in [0.15, 0.2) is 11.3 Å². The summed E-state index contributed by atoms with van der Waals surface area (Å²) in [6.07, 6.45) is 3.86. The third kappa shape index (κ3) is 0.640. The van der Waals surface area contributed by atoms with Gasteiger partial charge < -0.3 is 5.73 Å². The van der Waals surface area contributed by atoms with Gasteiger partial charge in [0.15, 0.2) is 0 Å². The molecule has 0 fully saturated rings. The first-order chi connectivity index (χ1) is 4.88. The molecule has 0 bridgehead atoms. The molecule has 1 aromatic heterocycles. The first-order valence-electron chi connectivity index (χ1n) is 3.05. The molecule has 5 heteroatoms. The molecule has 1 atom stereocenters. The largest absolute Gasteiger partial charge is 0.309 e. The van der Waals surface area contributed by atoms with Crippen LogP contribution in [0.1, 0.15) is 12.6 Å². The minimum absolute atomic E-state index is 0.0880. The van der Waals surface area contributed by atoms with Crippen LogP contribution >= 0.6 is 0 Å². The summed E-state index contributed by atoms with van der Waals surface area (Å²) >= 11 is 0. The Morgan fingerprint density at radius 2 is 2.60 bits per heavy atom. The van der Waals surface area contributed by atoms with E-state index in [0.717, 1.165) is 6.42 Å². The fourth-order valence-electron chi connectivity index (χ4n) is 0.913. The molecular weight excluding hydrogens is 130 g/mol. The smallest absolute Gasteiger partial charge is 0.248 e. The van der Waals surface area contributed by atoms with Crippen molar-refractivity contribution in [2.24, 2.45) is 10.7 Å². The van der Waals surface area contributed by atoms with Crippen LogP contribution in [0.2, 0.25) is 0 Å². The van der Waals surface area contributed by atoms with E-state index < -0.39 is 0 Å². The molecule has 1 aliphatic heterocycles. The molecule has 1 aromatic rings. The van der Waals surface area contributed by atoms with Crippen LogP contribution in [-0.4, -0.2) is 21.0 Å². The van der Waals surface area contributed by atoms with E-state index >= 15 is 0 Å². The van der Waals surface area contributed by atoms with Crippen LogP contribution in [0.25, 0.3) is 0 Å². The second kappa shape index (κ2) is 1.88. The number of nitrogens with zero attached hydrogens (tertiary/aromatic N) is 4. The fraction of sp³-hybridized carbons (Fsp3) is 0.400. The van der Waals surface area contributed by atoms with Gasteiger partial charge in [0.25, 0.3) is 0 Å². The lowest BCUT2D eigenvalue weighted by molar-refractivity contribution is 0.481. The summed E-state index contributed by atoms with van der Waals surface area (Å²) in [5.74, 6) is 0.596. The summed E-state index contributed by atoms with van der Waals surface area (Å²) in [6.45, 7) is 0. The van der Waals surface area contributed by atoms with Gasteiger partial charge in [-0.2, -0.15) is 10.1 Å². The summed E-state index contributed by atoms with van der Waals surface area (Å²) in [5, 5.41) is 3.90. The molecule has 0 saturated carbocycles. The lowest BCUT2D eigenvalue weighted by atomic mass is 10.3. The van der Waals surface area contributed by atoms with Crippen molar-refractivity contribution in [1.82, 2.24) is 14.8 Å². The van der Waals surface area contributed by atoms with Crippen molar-refractivity contribution in [1.29, 1.82) is 0 Å². The van der Waals surface area contributed by atoms with E-state index in [1.54, 1.807) is 10.9 Å². The van der Waals surface area contributed by atoms with E-state index in [9.17, 15) is 0 Å². The maximum atomic E-state index is 5.66. The zero-order valence-electron chi connectivity index (χ0n) is 5.31. The summed E-state index contributed by atoms with van der Waals surface area (Å²) in [5.41, 5.74) is 5.66. The molecule has 0 radical (unpaired) electrons. The summed E-state index contributed by atoms with van der Waals surface area (Å²) < 4.78 is 1.61. The zero-order valence-corrected chi connectivity index (χ0v) is 5.31. The fourth-order valence-corrected chi connectivity index (χ4v) is 0.913. The minimum atomic E-state index is -0.0880. The highest BCUT2D eigenvalue weighted by molar-refractivity contribution is 5.62. The quantitative estimate of drug-likeness (QED) is 0.540. The monoisotopic (exact) mass is 137 g/mol. The third-order valence-corrected chi connectivity index (χ3v) is 1.42. The van der Waals surface area contributed by atoms with E-state index in [0.29, 0.717) is 5.95 Å². The van der Waals surface area contributed by atoms with Gasteiger partial charge in [-0.15, -0.1) is 0 Å². The molecule has 2 rings (SSSR count). The SMILES string of the molecule is N[C@H]1CC=Nc2ncnn21. The molecule has 0 spiro atoms. The van der Waals surface area contributed by atoms with Crippen LogP contribution < -0.4 is 5.73 Å². The van der Waals surface area contributed by atoms with Crippen molar-refractivity contribution in [2.75, 3.05) is 0 Å². The predicted molar refractivity (Wildman–Crippen MR) is 36.0 cm³/mol. The normalized spacial score (nSPS) is 22.7. The highest BCUT2D eigenvalue weighted by Gasteiger charge is 2.13. The molecule has 5 nitrogen and oxygen atoms in total. The van der Waals surface area contributed by atoms with E-state index in [4.69, 9.17) is 5.73 Å². The Kier molecular flexibility index (Phi) is 1.04. The maximum absolute atomic E-state index is 5.66. The second-order valence-electron chi connectivity index (χ2n) is 2.12. The van der Waals surface area contributed by atoms with Gasteiger partial charge in [-0.3, -0.25) is 0 Å². The molecule has 2 N–H and O–H groups in total. The number of aromatic nitrogens is 3. The van der Waals surface area contributed by atoms with Gasteiger partial charge in [-0.1, -0.05) is 0 Å². The average Bonchev–Trinajstić information content (AvgIpc) is 2.36. The lowest BCUT2D eigenvalue weighted by Gasteiger charge is -2.12. The van der Waals surface area contributed by atoms with Gasteiger partial charge in [0.2, 0.25) is 5.95 Å². The van der Waals surface area contributed by atoms with E-state index in [1.807, 2.05) is 0 Å². The van der Waals surface area contributed by atoms with Gasteiger partial charge in [-0.05, 0) is 0 Å². The Morgan fingerprint density at radius 3 is 3.40 bits per heavy atom. The maximum Gasteiger partial charge on any atom is 0.248 e. The Bertz CT molecular complexity index is 263. The Hall–Kier alpha value is -1.23. The van der Waals surface area contributed by atoms with Gasteiger partial charge in [-0.25, -0.2) is 9.67 Å². The Balaban J connectivity index is 2.52. The topological polar surface area (TPSA) is 69.1 Å². The van der Waals surface area contributed by atoms with E-state index in [2.05, 4.69) is 15.1 Å². The Labute approximate surface area is 57.6 Å². The van der Waals surface area contributed by atoms with Gasteiger partial charge in [0.05, 0.1) is 0 Å². The standard InChI is InChI=1S/C5H7N5/c6-4-1-2-7-5-8-3-9-10(4)5/h2-4H,1,6H2/t4-/m1/s1. The van der Waals surface area contributed by atoms with Crippen molar-refractivity contribution >= 4 is 12.2 Å². The molecule has 1 aliphatic rings. The molecule has 10 heavy (non-hydrogen) atoms. The van der Waals surface area contributed by atoms with Crippen molar-refractivity contribution < 1.29 is 0 Å². The van der Waals surface area contributed by atoms with Gasteiger partial charge in [0.1, 0.15) is 12.5 Å². The van der Waals surface area contributed by atoms with Gasteiger partial charge in [0, 0.05) is 12.6 Å². The van der Waals surface area contributed by atoms with Crippen LogP contribution in [-0.2, 0) is 0 Å². The zero-order chi connectivity index (χ0) is 6.97. The van der Waals surface area contributed by atoms with Crippen molar-refractivity contribution in [3.63, 3.8) is 0 Å². The number of fused-ring (bicyclic) bond motifs is 1. The van der Waals surface area contributed by atoms with Crippen LogP contribution in [0, 0.1) is 0 Å².